The molecule has 0 amide bonds. The van der Waals surface area contributed by atoms with Crippen molar-refractivity contribution < 1.29 is 24.2 Å². The summed E-state index contributed by atoms with van der Waals surface area (Å²) in [5.41, 5.74) is 16.3. The highest BCUT2D eigenvalue weighted by atomic mass is 16.6. The molecule has 9 nitrogen and oxygen atoms in total. The van der Waals surface area contributed by atoms with Crippen molar-refractivity contribution >= 4 is 17.9 Å². The Hall–Kier alpha value is -1.55. The van der Waals surface area contributed by atoms with Crippen LogP contribution < -0.4 is 22.5 Å². The van der Waals surface area contributed by atoms with Crippen molar-refractivity contribution in [1.82, 2.24) is 5.32 Å². The summed E-state index contributed by atoms with van der Waals surface area (Å²) in [5.74, 6) is -2.44. The number of carbonyl (C=O) groups is 3. The Balaban J connectivity index is 4.44. The van der Waals surface area contributed by atoms with E-state index in [2.05, 4.69) is 10.1 Å². The second-order valence-corrected chi connectivity index (χ2v) is 5.80. The first kappa shape index (κ1) is 21.4. The maximum Gasteiger partial charge on any atom is 0.330 e. The van der Waals surface area contributed by atoms with Gasteiger partial charge in [-0.3, -0.25) is 9.59 Å². The summed E-state index contributed by atoms with van der Waals surface area (Å²) in [5, 5.41) is 12.2. The lowest BCUT2D eigenvalue weighted by Crippen LogP contribution is -2.48. The molecule has 0 heterocycles. The number of carboxylic acid groups (broad SMARTS) is 1. The number of nitrogens with two attached hydrogens (primary N) is 3. The summed E-state index contributed by atoms with van der Waals surface area (Å²) in [6.45, 7) is 3.65. The standard InChI is InChI=1S/C14H28N4O5/c1-8(2)5-11(13(20)21)18-9(6-15)3-4-10(17)14(22)23-12(19)7-16/h8-11,18H,3-7,15-17H2,1-2H3,(H,20,21)/t9?,10-,11-/m0/s1. The number of aliphatic carboxylic acids is 1. The minimum absolute atomic E-state index is 0.200. The average molecular weight is 332 g/mol. The van der Waals surface area contributed by atoms with Crippen LogP contribution >= 0.6 is 0 Å². The van der Waals surface area contributed by atoms with Gasteiger partial charge in [-0.15, -0.1) is 0 Å². The van der Waals surface area contributed by atoms with Crippen LogP contribution in [0.4, 0.5) is 0 Å². The minimum Gasteiger partial charge on any atom is -0.480 e. The summed E-state index contributed by atoms with van der Waals surface area (Å²) < 4.78 is 4.43. The van der Waals surface area contributed by atoms with Gasteiger partial charge in [0.2, 0.25) is 0 Å². The van der Waals surface area contributed by atoms with Crippen LogP contribution in [0.25, 0.3) is 0 Å². The van der Waals surface area contributed by atoms with E-state index in [9.17, 15) is 19.5 Å². The second-order valence-electron chi connectivity index (χ2n) is 5.80. The molecule has 3 atom stereocenters. The molecule has 0 radical (unpaired) electrons. The van der Waals surface area contributed by atoms with Gasteiger partial charge < -0.3 is 32.4 Å². The summed E-state index contributed by atoms with van der Waals surface area (Å²) in [6.07, 6.45) is 1.05. The van der Waals surface area contributed by atoms with E-state index in [-0.39, 0.29) is 24.9 Å². The van der Waals surface area contributed by atoms with Gasteiger partial charge in [0.05, 0.1) is 6.54 Å². The number of rotatable bonds is 11. The molecule has 0 aromatic rings. The van der Waals surface area contributed by atoms with Crippen molar-refractivity contribution in [2.24, 2.45) is 23.1 Å². The van der Waals surface area contributed by atoms with E-state index in [1.807, 2.05) is 13.8 Å². The van der Waals surface area contributed by atoms with Gasteiger partial charge in [-0.05, 0) is 25.2 Å². The quantitative estimate of drug-likeness (QED) is 0.224. The topological polar surface area (TPSA) is 171 Å². The van der Waals surface area contributed by atoms with Gasteiger partial charge in [0.1, 0.15) is 12.1 Å². The van der Waals surface area contributed by atoms with E-state index in [1.165, 1.54) is 0 Å². The van der Waals surface area contributed by atoms with Gasteiger partial charge in [0.15, 0.2) is 0 Å². The van der Waals surface area contributed by atoms with Crippen molar-refractivity contribution in [3.63, 3.8) is 0 Å². The molecule has 1 unspecified atom stereocenters. The summed E-state index contributed by atoms with van der Waals surface area (Å²) in [4.78, 5) is 33.7. The van der Waals surface area contributed by atoms with Gasteiger partial charge in [0, 0.05) is 12.6 Å². The number of hydrogen-bond donors (Lipinski definition) is 5. The summed E-state index contributed by atoms with van der Waals surface area (Å²) in [6, 6.07) is -2.01. The third-order valence-electron chi connectivity index (χ3n) is 3.24. The Morgan fingerprint density at radius 2 is 1.78 bits per heavy atom. The lowest BCUT2D eigenvalue weighted by atomic mass is 10.0. The highest BCUT2D eigenvalue weighted by molar-refractivity contribution is 5.89. The number of nitrogens with one attached hydrogen (secondary N) is 1. The Morgan fingerprint density at radius 1 is 1.17 bits per heavy atom. The van der Waals surface area contributed by atoms with Crippen molar-refractivity contribution in [3.05, 3.63) is 0 Å². The molecule has 23 heavy (non-hydrogen) atoms. The van der Waals surface area contributed by atoms with E-state index in [1.54, 1.807) is 0 Å². The van der Waals surface area contributed by atoms with Gasteiger partial charge >= 0.3 is 17.9 Å². The molecule has 0 saturated carbocycles. The summed E-state index contributed by atoms with van der Waals surface area (Å²) >= 11 is 0. The first-order valence-electron chi connectivity index (χ1n) is 7.60. The molecule has 0 spiro atoms. The molecule has 0 aliphatic rings. The predicted octanol–water partition coefficient (Wildman–Crippen LogP) is -1.46. The van der Waals surface area contributed by atoms with Crippen molar-refractivity contribution in [2.45, 2.75) is 51.2 Å². The van der Waals surface area contributed by atoms with Crippen LogP contribution in [0, 0.1) is 5.92 Å². The van der Waals surface area contributed by atoms with Crippen molar-refractivity contribution in [1.29, 1.82) is 0 Å². The van der Waals surface area contributed by atoms with Crippen molar-refractivity contribution in [3.8, 4) is 0 Å². The molecular formula is C14H28N4O5. The van der Waals surface area contributed by atoms with Crippen molar-refractivity contribution in [2.75, 3.05) is 13.1 Å². The van der Waals surface area contributed by atoms with Crippen LogP contribution in [0.3, 0.4) is 0 Å². The zero-order chi connectivity index (χ0) is 18.0. The lowest BCUT2D eigenvalue weighted by molar-refractivity contribution is -0.159. The normalized spacial score (nSPS) is 15.0. The number of carboxylic acids is 1. The molecule has 0 rings (SSSR count). The molecule has 0 bridgehead atoms. The highest BCUT2D eigenvalue weighted by Gasteiger charge is 2.24. The molecule has 0 saturated heterocycles. The first-order valence-corrected chi connectivity index (χ1v) is 7.60. The Labute approximate surface area is 135 Å². The molecule has 0 aromatic carbocycles. The molecule has 8 N–H and O–H groups in total. The molecule has 0 fully saturated rings. The SMILES string of the molecule is CC(C)C[C@H](NC(CN)CC[C@H](N)C(=O)OC(=O)CN)C(=O)O. The van der Waals surface area contributed by atoms with Gasteiger partial charge in [-0.2, -0.15) is 0 Å². The number of esters is 2. The van der Waals surface area contributed by atoms with Gasteiger partial charge in [-0.1, -0.05) is 13.8 Å². The Bertz CT molecular complexity index is 403. The molecule has 9 heteroatoms. The minimum atomic E-state index is -0.991. The van der Waals surface area contributed by atoms with E-state index >= 15 is 0 Å². The maximum absolute atomic E-state index is 11.5. The molecule has 0 aliphatic carbocycles. The van der Waals surface area contributed by atoms with Gasteiger partial charge in [0.25, 0.3) is 0 Å². The Kier molecular flexibility index (Phi) is 10.3. The van der Waals surface area contributed by atoms with Gasteiger partial charge in [-0.25, -0.2) is 4.79 Å². The van der Waals surface area contributed by atoms with Crippen LogP contribution in [-0.2, 0) is 19.1 Å². The van der Waals surface area contributed by atoms with Crippen LogP contribution in [-0.4, -0.2) is 54.2 Å². The number of carbonyl (C=O) groups excluding carboxylic acids is 2. The smallest absolute Gasteiger partial charge is 0.330 e. The molecule has 134 valence electrons. The zero-order valence-corrected chi connectivity index (χ0v) is 13.7. The van der Waals surface area contributed by atoms with E-state index < -0.39 is 36.5 Å². The molecule has 0 aliphatic heterocycles. The summed E-state index contributed by atoms with van der Waals surface area (Å²) in [7, 11) is 0. The molecule has 0 aromatic heterocycles. The maximum atomic E-state index is 11.5. The highest BCUT2D eigenvalue weighted by Crippen LogP contribution is 2.08. The van der Waals surface area contributed by atoms with Crippen LogP contribution in [0.2, 0.25) is 0 Å². The predicted molar refractivity (Wildman–Crippen MR) is 84.2 cm³/mol. The van der Waals surface area contributed by atoms with E-state index in [0.29, 0.717) is 12.8 Å². The van der Waals surface area contributed by atoms with E-state index in [4.69, 9.17) is 17.2 Å². The number of hydrogen-bond acceptors (Lipinski definition) is 8. The van der Waals surface area contributed by atoms with Crippen LogP contribution in [0.1, 0.15) is 33.1 Å². The largest absolute Gasteiger partial charge is 0.480 e. The first-order chi connectivity index (χ1) is 10.7. The fraction of sp³-hybridized carbons (Fsp3) is 0.786. The number of ether oxygens (including phenoxy) is 1. The third kappa shape index (κ3) is 9.24. The van der Waals surface area contributed by atoms with Crippen LogP contribution in [0.15, 0.2) is 0 Å². The monoisotopic (exact) mass is 332 g/mol. The third-order valence-corrected chi connectivity index (χ3v) is 3.24. The molecular weight excluding hydrogens is 304 g/mol. The Morgan fingerprint density at radius 3 is 2.22 bits per heavy atom. The fourth-order valence-corrected chi connectivity index (χ4v) is 1.99. The average Bonchev–Trinajstić information content (AvgIpc) is 2.48. The van der Waals surface area contributed by atoms with E-state index in [0.717, 1.165) is 0 Å². The lowest BCUT2D eigenvalue weighted by Gasteiger charge is -2.24. The fourth-order valence-electron chi connectivity index (χ4n) is 1.99. The second kappa shape index (κ2) is 11.1. The zero-order valence-electron chi connectivity index (χ0n) is 13.7. The van der Waals surface area contributed by atoms with Crippen LogP contribution in [0.5, 0.6) is 0 Å².